The Bertz CT molecular complexity index is 933. The molecule has 1 aromatic carbocycles. The molecule has 0 aliphatic heterocycles. The third-order valence-electron chi connectivity index (χ3n) is 3.99. The summed E-state index contributed by atoms with van der Waals surface area (Å²) in [5.41, 5.74) is 0.841. The van der Waals surface area contributed by atoms with Gasteiger partial charge in [-0.2, -0.15) is 0 Å². The van der Waals surface area contributed by atoms with Crippen LogP contribution in [-0.2, 0) is 30.9 Å². The zero-order valence-corrected chi connectivity index (χ0v) is 17.0. The van der Waals surface area contributed by atoms with E-state index in [1.54, 1.807) is 31.2 Å². The van der Waals surface area contributed by atoms with Crippen LogP contribution in [0.25, 0.3) is 11.0 Å². The standard InChI is InChI=1S/C19H25NO7S/c1-4-6-11-28(23,24)20-13(3)18(21)26-12-15-14-9-7-8-10-16(14)27-17(15)19(22)25-5-2/h7-10,13,20H,4-6,11-12H2,1-3H3/t13-/m0/s1. The minimum atomic E-state index is -3.57. The van der Waals surface area contributed by atoms with Gasteiger partial charge in [-0.05, 0) is 26.3 Å². The number of hydrogen-bond acceptors (Lipinski definition) is 7. The summed E-state index contributed by atoms with van der Waals surface area (Å²) in [5, 5.41) is 0.620. The minimum absolute atomic E-state index is 0.0352. The Balaban J connectivity index is 2.13. The number of furan rings is 1. The van der Waals surface area contributed by atoms with E-state index < -0.39 is 28.0 Å². The second kappa shape index (κ2) is 9.70. The predicted molar refractivity (Wildman–Crippen MR) is 103 cm³/mol. The Hall–Kier alpha value is -2.39. The number of rotatable bonds is 10. The fourth-order valence-electron chi connectivity index (χ4n) is 2.58. The Labute approximate surface area is 164 Å². The first-order valence-corrected chi connectivity index (χ1v) is 10.8. The molecule has 0 aliphatic carbocycles. The smallest absolute Gasteiger partial charge is 0.374 e. The van der Waals surface area contributed by atoms with Crippen LogP contribution in [0.3, 0.4) is 0 Å². The second-order valence-electron chi connectivity index (χ2n) is 6.25. The molecule has 1 heterocycles. The molecule has 0 spiro atoms. The van der Waals surface area contributed by atoms with Gasteiger partial charge in [0.1, 0.15) is 18.2 Å². The summed E-state index contributed by atoms with van der Waals surface area (Å²) >= 11 is 0. The van der Waals surface area contributed by atoms with Gasteiger partial charge in [0, 0.05) is 5.39 Å². The highest BCUT2D eigenvalue weighted by Crippen LogP contribution is 2.27. The van der Waals surface area contributed by atoms with Crippen LogP contribution < -0.4 is 4.72 Å². The lowest BCUT2D eigenvalue weighted by Gasteiger charge is -2.13. The molecule has 0 radical (unpaired) electrons. The van der Waals surface area contributed by atoms with Gasteiger partial charge < -0.3 is 13.9 Å². The van der Waals surface area contributed by atoms with Crippen LogP contribution in [-0.4, -0.2) is 38.8 Å². The highest BCUT2D eigenvalue weighted by atomic mass is 32.2. The lowest BCUT2D eigenvalue weighted by molar-refractivity contribution is -0.146. The summed E-state index contributed by atoms with van der Waals surface area (Å²) in [6.07, 6.45) is 1.23. The van der Waals surface area contributed by atoms with E-state index in [2.05, 4.69) is 4.72 Å². The molecule has 8 nitrogen and oxygen atoms in total. The van der Waals surface area contributed by atoms with Crippen molar-refractivity contribution in [3.63, 3.8) is 0 Å². The Morgan fingerprint density at radius 2 is 1.89 bits per heavy atom. The van der Waals surface area contributed by atoms with Gasteiger partial charge in [-0.25, -0.2) is 17.9 Å². The van der Waals surface area contributed by atoms with Gasteiger partial charge in [-0.1, -0.05) is 31.5 Å². The van der Waals surface area contributed by atoms with E-state index in [4.69, 9.17) is 13.9 Å². The second-order valence-corrected chi connectivity index (χ2v) is 8.12. The molecule has 0 amide bonds. The van der Waals surface area contributed by atoms with Crippen molar-refractivity contribution in [2.75, 3.05) is 12.4 Å². The summed E-state index contributed by atoms with van der Waals surface area (Å²) in [6.45, 7) is 4.89. The number of para-hydroxylation sites is 1. The predicted octanol–water partition coefficient (Wildman–Crippen LogP) is 2.76. The van der Waals surface area contributed by atoms with Crippen molar-refractivity contribution in [2.45, 2.75) is 46.3 Å². The van der Waals surface area contributed by atoms with Crippen LogP contribution in [0.5, 0.6) is 0 Å². The molecule has 1 N–H and O–H groups in total. The molecular formula is C19H25NO7S. The summed E-state index contributed by atoms with van der Waals surface area (Å²) in [4.78, 5) is 24.4. The average molecular weight is 411 g/mol. The van der Waals surface area contributed by atoms with Crippen LogP contribution in [0.1, 0.15) is 49.7 Å². The first-order valence-electron chi connectivity index (χ1n) is 9.13. The number of hydrogen-bond donors (Lipinski definition) is 1. The van der Waals surface area contributed by atoms with Crippen molar-refractivity contribution in [1.29, 1.82) is 0 Å². The van der Waals surface area contributed by atoms with Crippen LogP contribution in [0.15, 0.2) is 28.7 Å². The molecule has 154 valence electrons. The molecule has 0 unspecified atom stereocenters. The topological polar surface area (TPSA) is 112 Å². The van der Waals surface area contributed by atoms with Crippen molar-refractivity contribution in [2.24, 2.45) is 0 Å². The SMILES string of the molecule is CCCCS(=O)(=O)N[C@@H](C)C(=O)OCc1c(C(=O)OCC)oc2ccccc12. The lowest BCUT2D eigenvalue weighted by Crippen LogP contribution is -2.40. The summed E-state index contributed by atoms with van der Waals surface area (Å²) < 4.78 is 41.9. The van der Waals surface area contributed by atoms with Crippen LogP contribution in [0, 0.1) is 0 Å². The monoisotopic (exact) mass is 411 g/mol. The van der Waals surface area contributed by atoms with Crippen molar-refractivity contribution in [3.05, 3.63) is 35.6 Å². The van der Waals surface area contributed by atoms with E-state index in [-0.39, 0.29) is 24.7 Å². The maximum absolute atomic E-state index is 12.2. The van der Waals surface area contributed by atoms with Crippen LogP contribution >= 0.6 is 0 Å². The number of benzene rings is 1. The quantitative estimate of drug-likeness (QED) is 0.598. The number of nitrogens with one attached hydrogen (secondary N) is 1. The molecule has 0 fully saturated rings. The van der Waals surface area contributed by atoms with Gasteiger partial charge in [-0.3, -0.25) is 4.79 Å². The maximum Gasteiger partial charge on any atom is 0.374 e. The van der Waals surface area contributed by atoms with E-state index in [1.165, 1.54) is 6.92 Å². The van der Waals surface area contributed by atoms with Gasteiger partial charge in [-0.15, -0.1) is 0 Å². The number of fused-ring (bicyclic) bond motifs is 1. The average Bonchev–Trinajstić information content (AvgIpc) is 3.03. The number of esters is 2. The third kappa shape index (κ3) is 5.56. The van der Waals surface area contributed by atoms with Gasteiger partial charge >= 0.3 is 11.9 Å². The Morgan fingerprint density at radius 1 is 1.18 bits per heavy atom. The van der Waals surface area contributed by atoms with Gasteiger partial charge in [0.05, 0.1) is 17.9 Å². The fraction of sp³-hybridized carbons (Fsp3) is 0.474. The van der Waals surface area contributed by atoms with Gasteiger partial charge in [0.2, 0.25) is 15.8 Å². The summed E-state index contributed by atoms with van der Waals surface area (Å²) in [6, 6.07) is 5.90. The van der Waals surface area contributed by atoms with E-state index in [1.807, 2.05) is 6.92 Å². The third-order valence-corrected chi connectivity index (χ3v) is 5.53. The number of unbranched alkanes of at least 4 members (excludes halogenated alkanes) is 1. The zero-order valence-electron chi connectivity index (χ0n) is 16.2. The fourth-order valence-corrected chi connectivity index (χ4v) is 4.00. The Kier molecular flexibility index (Phi) is 7.59. The molecule has 0 bridgehead atoms. The van der Waals surface area contributed by atoms with Crippen molar-refractivity contribution < 1.29 is 31.9 Å². The van der Waals surface area contributed by atoms with Crippen molar-refractivity contribution in [1.82, 2.24) is 4.72 Å². The Morgan fingerprint density at radius 3 is 2.57 bits per heavy atom. The van der Waals surface area contributed by atoms with E-state index >= 15 is 0 Å². The molecular weight excluding hydrogens is 386 g/mol. The van der Waals surface area contributed by atoms with E-state index in [0.29, 0.717) is 23.0 Å². The summed E-state index contributed by atoms with van der Waals surface area (Å²) in [7, 11) is -3.57. The van der Waals surface area contributed by atoms with Crippen molar-refractivity contribution in [3.8, 4) is 0 Å². The minimum Gasteiger partial charge on any atom is -0.460 e. The molecule has 1 atom stereocenters. The summed E-state index contributed by atoms with van der Waals surface area (Å²) in [5.74, 6) is -1.49. The van der Waals surface area contributed by atoms with Crippen LogP contribution in [0.2, 0.25) is 0 Å². The van der Waals surface area contributed by atoms with E-state index in [0.717, 1.165) is 6.42 Å². The number of carbonyl (C=O) groups is 2. The number of carbonyl (C=O) groups excluding carboxylic acids is 2. The molecule has 2 rings (SSSR count). The molecule has 9 heteroatoms. The first-order chi connectivity index (χ1) is 13.3. The largest absolute Gasteiger partial charge is 0.460 e. The molecule has 1 aromatic heterocycles. The first kappa shape index (κ1) is 21.9. The van der Waals surface area contributed by atoms with Gasteiger partial charge in [0.25, 0.3) is 0 Å². The maximum atomic E-state index is 12.2. The normalized spacial score (nSPS) is 12.7. The van der Waals surface area contributed by atoms with Crippen LogP contribution in [0.4, 0.5) is 0 Å². The molecule has 0 saturated heterocycles. The number of ether oxygens (including phenoxy) is 2. The van der Waals surface area contributed by atoms with Gasteiger partial charge in [0.15, 0.2) is 0 Å². The molecule has 0 saturated carbocycles. The molecule has 0 aliphatic rings. The molecule has 2 aromatic rings. The zero-order chi connectivity index (χ0) is 20.7. The van der Waals surface area contributed by atoms with Crippen molar-refractivity contribution >= 4 is 32.9 Å². The highest BCUT2D eigenvalue weighted by Gasteiger charge is 2.25. The van der Waals surface area contributed by atoms with E-state index in [9.17, 15) is 18.0 Å². The number of sulfonamides is 1. The lowest BCUT2D eigenvalue weighted by atomic mass is 10.1. The highest BCUT2D eigenvalue weighted by molar-refractivity contribution is 7.89. The molecule has 28 heavy (non-hydrogen) atoms.